The highest BCUT2D eigenvalue weighted by Crippen LogP contribution is 2.41. The lowest BCUT2D eigenvalue weighted by atomic mass is 9.80. The van der Waals surface area contributed by atoms with Gasteiger partial charge in [-0.3, -0.25) is 0 Å². The van der Waals surface area contributed by atoms with E-state index in [2.05, 4.69) is 25.9 Å². The fraction of sp³-hybridized carbons (Fsp3) is 0.500. The van der Waals surface area contributed by atoms with Crippen LogP contribution in [0, 0.1) is 0 Å². The molecule has 20 heavy (non-hydrogen) atoms. The Morgan fingerprint density at radius 2 is 2.10 bits per heavy atom. The molecule has 4 nitrogen and oxygen atoms in total. The summed E-state index contributed by atoms with van der Waals surface area (Å²) in [5, 5.41) is 4.75. The fourth-order valence-electron chi connectivity index (χ4n) is 3.65. The normalized spacial score (nSPS) is 20.9. The van der Waals surface area contributed by atoms with Crippen molar-refractivity contribution in [1.29, 1.82) is 0 Å². The van der Waals surface area contributed by atoms with E-state index in [4.69, 9.17) is 23.8 Å². The average Bonchev–Trinajstić information content (AvgIpc) is 2.83. The highest BCUT2D eigenvalue weighted by atomic mass is 35.5. The third kappa shape index (κ3) is 1.63. The molecule has 0 amide bonds. The zero-order chi connectivity index (χ0) is 13.7. The molecule has 1 spiro atoms. The zero-order valence-electron chi connectivity index (χ0n) is 11.0. The van der Waals surface area contributed by atoms with Gasteiger partial charge in [0.1, 0.15) is 10.6 Å². The lowest BCUT2D eigenvalue weighted by Gasteiger charge is -2.43. The molecule has 2 aromatic heterocycles. The minimum atomic E-state index is -0.111. The second kappa shape index (κ2) is 4.40. The van der Waals surface area contributed by atoms with E-state index in [-0.39, 0.29) is 5.54 Å². The van der Waals surface area contributed by atoms with Gasteiger partial charge in [0.15, 0.2) is 0 Å². The van der Waals surface area contributed by atoms with E-state index in [1.807, 2.05) is 0 Å². The number of aromatic nitrogens is 3. The molecule has 2 aromatic rings. The van der Waals surface area contributed by atoms with E-state index >= 15 is 0 Å². The second-order valence-corrected chi connectivity index (χ2v) is 6.41. The Kier molecular flexibility index (Phi) is 2.76. The summed E-state index contributed by atoms with van der Waals surface area (Å²) < 4.78 is 2.33. The molecule has 0 atom stereocenters. The minimum Gasteiger partial charge on any atom is -0.372 e. The van der Waals surface area contributed by atoms with E-state index in [0.717, 1.165) is 35.4 Å². The molecule has 0 radical (unpaired) electrons. The van der Waals surface area contributed by atoms with Gasteiger partial charge >= 0.3 is 0 Å². The van der Waals surface area contributed by atoms with E-state index < -0.39 is 0 Å². The van der Waals surface area contributed by atoms with E-state index in [9.17, 15) is 0 Å². The van der Waals surface area contributed by atoms with Crippen LogP contribution >= 0.6 is 23.8 Å². The summed E-state index contributed by atoms with van der Waals surface area (Å²) in [4.78, 5) is 9.51. The van der Waals surface area contributed by atoms with Crippen LogP contribution in [0.5, 0.6) is 0 Å². The number of nitrogens with zero attached hydrogens (tertiary/aromatic N) is 3. The summed E-state index contributed by atoms with van der Waals surface area (Å²) in [7, 11) is 0. The number of thiocarbonyl (C=S) groups is 1. The van der Waals surface area contributed by atoms with Gasteiger partial charge in [-0.2, -0.15) is 4.98 Å². The van der Waals surface area contributed by atoms with Gasteiger partial charge < -0.3 is 9.88 Å². The summed E-state index contributed by atoms with van der Waals surface area (Å²) >= 11 is 11.7. The molecule has 3 heterocycles. The van der Waals surface area contributed by atoms with Gasteiger partial charge in [0.05, 0.1) is 12.1 Å². The van der Waals surface area contributed by atoms with Gasteiger partial charge in [-0.1, -0.05) is 31.5 Å². The summed E-state index contributed by atoms with van der Waals surface area (Å²) in [6.45, 7) is 0.758. The lowest BCUT2D eigenvalue weighted by Crippen LogP contribution is -2.53. The molecule has 1 aliphatic heterocycles. The minimum absolute atomic E-state index is 0.111. The Morgan fingerprint density at radius 1 is 1.30 bits per heavy atom. The van der Waals surface area contributed by atoms with Crippen molar-refractivity contribution >= 4 is 39.8 Å². The van der Waals surface area contributed by atoms with Crippen LogP contribution in [0.1, 0.15) is 37.8 Å². The molecule has 1 saturated carbocycles. The molecule has 4 rings (SSSR count). The van der Waals surface area contributed by atoms with Crippen LogP contribution in [0.25, 0.3) is 11.0 Å². The van der Waals surface area contributed by atoms with E-state index in [0.29, 0.717) is 5.28 Å². The number of halogens is 1. The second-order valence-electron chi connectivity index (χ2n) is 5.66. The predicted molar refractivity (Wildman–Crippen MR) is 83.0 cm³/mol. The number of hydrogen-bond acceptors (Lipinski definition) is 3. The van der Waals surface area contributed by atoms with Crippen LogP contribution in [0.4, 0.5) is 0 Å². The lowest BCUT2D eigenvalue weighted by molar-refractivity contribution is 0.268. The van der Waals surface area contributed by atoms with Gasteiger partial charge in [0, 0.05) is 17.3 Å². The third-order valence-electron chi connectivity index (χ3n) is 4.55. The zero-order valence-corrected chi connectivity index (χ0v) is 12.6. The predicted octanol–water partition coefficient (Wildman–Crippen LogP) is 3.17. The molecule has 0 aromatic carbocycles. The van der Waals surface area contributed by atoms with Crippen molar-refractivity contribution in [2.24, 2.45) is 0 Å². The summed E-state index contributed by atoms with van der Waals surface area (Å²) in [5.74, 6) is 0. The Hall–Kier alpha value is -1.20. The molecule has 1 N–H and O–H groups in total. The first-order valence-corrected chi connectivity index (χ1v) is 7.81. The quantitative estimate of drug-likeness (QED) is 0.600. The highest BCUT2D eigenvalue weighted by molar-refractivity contribution is 7.80. The van der Waals surface area contributed by atoms with Crippen molar-refractivity contribution in [1.82, 2.24) is 19.9 Å². The SMILES string of the molecule is S=C1NCc2cc3cnc(Cl)nc3n2C12CCCCC2. The van der Waals surface area contributed by atoms with Crippen LogP contribution < -0.4 is 5.32 Å². The molecule has 1 aliphatic carbocycles. The fourth-order valence-corrected chi connectivity index (χ4v) is 4.15. The van der Waals surface area contributed by atoms with Gasteiger partial charge in [0.2, 0.25) is 5.28 Å². The van der Waals surface area contributed by atoms with Crippen molar-refractivity contribution in [2.75, 3.05) is 0 Å². The highest BCUT2D eigenvalue weighted by Gasteiger charge is 2.42. The monoisotopic (exact) mass is 306 g/mol. The summed E-state index contributed by atoms with van der Waals surface area (Å²) in [6.07, 6.45) is 7.66. The molecule has 0 unspecified atom stereocenters. The molecule has 0 saturated heterocycles. The van der Waals surface area contributed by atoms with Crippen molar-refractivity contribution < 1.29 is 0 Å². The number of rotatable bonds is 0. The number of fused-ring (bicyclic) bond motifs is 4. The number of hydrogen-bond donors (Lipinski definition) is 1. The van der Waals surface area contributed by atoms with Crippen LogP contribution in [-0.4, -0.2) is 19.5 Å². The maximum atomic E-state index is 6.00. The summed E-state index contributed by atoms with van der Waals surface area (Å²) in [5.41, 5.74) is 2.04. The van der Waals surface area contributed by atoms with Crippen molar-refractivity contribution in [3.63, 3.8) is 0 Å². The molecule has 0 bridgehead atoms. The van der Waals surface area contributed by atoms with Crippen molar-refractivity contribution in [3.05, 3.63) is 23.2 Å². The molecular weight excluding hydrogens is 292 g/mol. The Morgan fingerprint density at radius 3 is 2.90 bits per heavy atom. The summed E-state index contributed by atoms with van der Waals surface area (Å²) in [6, 6.07) is 2.15. The molecule has 2 aliphatic rings. The number of nitrogens with one attached hydrogen (secondary N) is 1. The molecule has 6 heteroatoms. The van der Waals surface area contributed by atoms with Gasteiger partial charge in [-0.25, -0.2) is 4.98 Å². The average molecular weight is 307 g/mol. The third-order valence-corrected chi connectivity index (χ3v) is 5.26. The molecule has 1 fully saturated rings. The maximum absolute atomic E-state index is 6.00. The first-order valence-electron chi connectivity index (χ1n) is 7.02. The Balaban J connectivity index is 2.02. The van der Waals surface area contributed by atoms with Crippen LogP contribution in [-0.2, 0) is 12.1 Å². The van der Waals surface area contributed by atoms with Crippen molar-refractivity contribution in [3.8, 4) is 0 Å². The largest absolute Gasteiger partial charge is 0.372 e. The van der Waals surface area contributed by atoms with Gasteiger partial charge in [0.25, 0.3) is 0 Å². The maximum Gasteiger partial charge on any atom is 0.224 e. The Labute approximate surface area is 127 Å². The molecule has 104 valence electrons. The topological polar surface area (TPSA) is 42.7 Å². The first-order chi connectivity index (χ1) is 9.71. The van der Waals surface area contributed by atoms with Crippen LogP contribution in [0.15, 0.2) is 12.3 Å². The standard InChI is InChI=1S/C14H15ClN4S/c15-13-17-7-9-6-10-8-16-12(20)14(4-2-1-3-5-14)19(10)11(9)18-13/h6-7H,1-5,8H2,(H,16,20). The van der Waals surface area contributed by atoms with Gasteiger partial charge in [-0.15, -0.1) is 0 Å². The first kappa shape index (κ1) is 12.5. The van der Waals surface area contributed by atoms with Crippen molar-refractivity contribution in [2.45, 2.75) is 44.2 Å². The van der Waals surface area contributed by atoms with Crippen LogP contribution in [0.2, 0.25) is 5.28 Å². The van der Waals surface area contributed by atoms with E-state index in [1.165, 1.54) is 25.0 Å². The molecular formula is C14H15ClN4S. The van der Waals surface area contributed by atoms with E-state index in [1.54, 1.807) is 6.20 Å². The van der Waals surface area contributed by atoms with Gasteiger partial charge in [-0.05, 0) is 30.5 Å². The van der Waals surface area contributed by atoms with Crippen LogP contribution in [0.3, 0.4) is 0 Å². The Bertz CT molecular complexity index is 703. The smallest absolute Gasteiger partial charge is 0.224 e.